The number of hydrogen-bond acceptors (Lipinski definition) is 6. The number of carbonyl (C=O) groups is 2. The summed E-state index contributed by atoms with van der Waals surface area (Å²) >= 11 is 7.68. The van der Waals surface area contributed by atoms with Crippen LogP contribution >= 0.6 is 50.4 Å². The smallest absolute Gasteiger partial charge is 0.230 e. The van der Waals surface area contributed by atoms with E-state index in [4.69, 9.17) is 0 Å². The molecule has 0 aliphatic rings. The van der Waals surface area contributed by atoms with E-state index in [1.54, 1.807) is 0 Å². The number of amides is 1. The minimum atomic E-state index is -0.116. The summed E-state index contributed by atoms with van der Waals surface area (Å²) in [7, 11) is 0. The van der Waals surface area contributed by atoms with Crippen molar-refractivity contribution in [2.75, 3.05) is 11.1 Å². The van der Waals surface area contributed by atoms with Gasteiger partial charge in [-0.15, -0.1) is 22.7 Å². The Morgan fingerprint density at radius 2 is 2.08 bits per heavy atom. The van der Waals surface area contributed by atoms with Gasteiger partial charge in [-0.2, -0.15) is 0 Å². The van der Waals surface area contributed by atoms with Gasteiger partial charge in [0.05, 0.1) is 22.7 Å². The number of halogens is 1. The van der Waals surface area contributed by atoms with E-state index < -0.39 is 0 Å². The standard InChI is InChI=1S/C17H13BrN2O2S3/c18-11-3-1-4-12(7-11)19-16(22)8-13-9-24-17(20-13)25-10-14(21)15-5-2-6-23-15/h1-7,9H,8,10H2,(H,19,22). The molecule has 1 amide bonds. The highest BCUT2D eigenvalue weighted by atomic mass is 79.9. The van der Waals surface area contributed by atoms with E-state index in [9.17, 15) is 9.59 Å². The molecule has 0 radical (unpaired) electrons. The van der Waals surface area contributed by atoms with Crippen molar-refractivity contribution in [1.29, 1.82) is 0 Å². The van der Waals surface area contributed by atoms with E-state index in [2.05, 4.69) is 26.2 Å². The Kier molecular flexibility index (Phi) is 6.41. The molecule has 0 aliphatic carbocycles. The molecule has 0 spiro atoms. The first kappa shape index (κ1) is 18.3. The first-order chi connectivity index (χ1) is 12.1. The third-order valence-electron chi connectivity index (χ3n) is 3.10. The molecule has 0 unspecified atom stereocenters. The van der Waals surface area contributed by atoms with Crippen molar-refractivity contribution in [2.24, 2.45) is 0 Å². The highest BCUT2D eigenvalue weighted by Crippen LogP contribution is 2.25. The molecule has 1 N–H and O–H groups in total. The molecule has 0 saturated heterocycles. The van der Waals surface area contributed by atoms with Crippen LogP contribution in [0.15, 0.2) is 56.0 Å². The fourth-order valence-electron chi connectivity index (χ4n) is 2.01. The molecule has 2 aromatic heterocycles. The molecule has 0 aliphatic heterocycles. The van der Waals surface area contributed by atoms with Crippen molar-refractivity contribution < 1.29 is 9.59 Å². The maximum atomic E-state index is 12.1. The summed E-state index contributed by atoms with van der Waals surface area (Å²) in [6, 6.07) is 11.1. The molecule has 25 heavy (non-hydrogen) atoms. The topological polar surface area (TPSA) is 59.1 Å². The summed E-state index contributed by atoms with van der Waals surface area (Å²) in [6.07, 6.45) is 0.211. The summed E-state index contributed by atoms with van der Waals surface area (Å²) in [5.74, 6) is 0.344. The molecular weight excluding hydrogens is 440 g/mol. The first-order valence-electron chi connectivity index (χ1n) is 7.29. The summed E-state index contributed by atoms with van der Waals surface area (Å²) in [5.41, 5.74) is 1.45. The van der Waals surface area contributed by atoms with Gasteiger partial charge in [0, 0.05) is 15.5 Å². The Balaban J connectivity index is 1.51. The number of nitrogens with one attached hydrogen (secondary N) is 1. The number of anilines is 1. The molecule has 2 heterocycles. The number of hydrogen-bond donors (Lipinski definition) is 1. The number of nitrogens with zero attached hydrogens (tertiary/aromatic N) is 1. The zero-order chi connectivity index (χ0) is 17.6. The van der Waals surface area contributed by atoms with E-state index >= 15 is 0 Å². The van der Waals surface area contributed by atoms with Crippen LogP contribution in [-0.2, 0) is 11.2 Å². The second-order valence-electron chi connectivity index (χ2n) is 5.03. The summed E-state index contributed by atoms with van der Waals surface area (Å²) < 4.78 is 1.71. The Labute approximate surface area is 165 Å². The fourth-order valence-corrected chi connectivity index (χ4v) is 4.89. The number of rotatable bonds is 7. The largest absolute Gasteiger partial charge is 0.326 e. The van der Waals surface area contributed by atoms with E-state index in [0.717, 1.165) is 19.4 Å². The van der Waals surface area contributed by atoms with Crippen molar-refractivity contribution >= 4 is 67.7 Å². The zero-order valence-electron chi connectivity index (χ0n) is 12.9. The number of Topliss-reactive ketones (excluding diaryl/α,β-unsaturated/α-hetero) is 1. The lowest BCUT2D eigenvalue weighted by Crippen LogP contribution is -2.14. The molecule has 3 aromatic rings. The van der Waals surface area contributed by atoms with Crippen LogP contribution in [0.1, 0.15) is 15.4 Å². The number of ketones is 1. The summed E-state index contributed by atoms with van der Waals surface area (Å²) in [5, 5.41) is 6.60. The highest BCUT2D eigenvalue weighted by Gasteiger charge is 2.12. The normalized spacial score (nSPS) is 10.6. The molecule has 8 heteroatoms. The Morgan fingerprint density at radius 3 is 2.84 bits per heavy atom. The van der Waals surface area contributed by atoms with Crippen molar-refractivity contribution in [3.05, 3.63) is 62.2 Å². The molecule has 1 aromatic carbocycles. The SMILES string of the molecule is O=C(Cc1csc(SCC(=O)c2cccs2)n1)Nc1cccc(Br)c1. The second-order valence-corrected chi connectivity index (χ2v) is 8.97. The number of benzene rings is 1. The van der Waals surface area contributed by atoms with Crippen molar-refractivity contribution in [3.8, 4) is 0 Å². The quantitative estimate of drug-likeness (QED) is 0.398. The molecule has 0 fully saturated rings. The zero-order valence-corrected chi connectivity index (χ0v) is 16.9. The van der Waals surface area contributed by atoms with Gasteiger partial charge in [-0.3, -0.25) is 9.59 Å². The lowest BCUT2D eigenvalue weighted by Gasteiger charge is -2.04. The van der Waals surface area contributed by atoms with Crippen LogP contribution in [0.2, 0.25) is 0 Å². The minimum absolute atomic E-state index is 0.101. The number of thiophene rings is 1. The average Bonchev–Trinajstić information content (AvgIpc) is 3.24. The third-order valence-corrected chi connectivity index (χ3v) is 6.58. The number of thioether (sulfide) groups is 1. The minimum Gasteiger partial charge on any atom is -0.326 e. The molecule has 0 saturated carbocycles. The first-order valence-corrected chi connectivity index (χ1v) is 10.8. The van der Waals surface area contributed by atoms with Crippen molar-refractivity contribution in [1.82, 2.24) is 4.98 Å². The van der Waals surface area contributed by atoms with Gasteiger partial charge in [0.1, 0.15) is 0 Å². The van der Waals surface area contributed by atoms with E-state index in [0.29, 0.717) is 11.4 Å². The van der Waals surface area contributed by atoms with Gasteiger partial charge in [0.15, 0.2) is 10.1 Å². The van der Waals surface area contributed by atoms with Crippen LogP contribution in [0.25, 0.3) is 0 Å². The van der Waals surface area contributed by atoms with Crippen molar-refractivity contribution in [2.45, 2.75) is 10.8 Å². The predicted molar refractivity (Wildman–Crippen MR) is 108 cm³/mol. The lowest BCUT2D eigenvalue weighted by molar-refractivity contribution is -0.115. The molecule has 0 atom stereocenters. The van der Waals surface area contributed by atoms with Gasteiger partial charge in [0.25, 0.3) is 0 Å². The molecular formula is C17H13BrN2O2S3. The molecule has 3 rings (SSSR count). The Bertz CT molecular complexity index is 878. The van der Waals surface area contributed by atoms with Gasteiger partial charge < -0.3 is 5.32 Å². The van der Waals surface area contributed by atoms with Crippen LogP contribution in [0, 0.1) is 0 Å². The van der Waals surface area contributed by atoms with E-state index in [-0.39, 0.29) is 18.1 Å². The van der Waals surface area contributed by atoms with E-state index in [1.165, 1.54) is 34.4 Å². The van der Waals surface area contributed by atoms with Gasteiger partial charge in [-0.05, 0) is 29.6 Å². The van der Waals surface area contributed by atoms with Crippen molar-refractivity contribution in [3.63, 3.8) is 0 Å². The summed E-state index contributed by atoms with van der Waals surface area (Å²) in [6.45, 7) is 0. The van der Waals surface area contributed by atoms with Crippen LogP contribution in [0.3, 0.4) is 0 Å². The number of carbonyl (C=O) groups excluding carboxylic acids is 2. The Morgan fingerprint density at radius 1 is 1.20 bits per heavy atom. The average molecular weight is 453 g/mol. The maximum Gasteiger partial charge on any atom is 0.230 e. The highest BCUT2D eigenvalue weighted by molar-refractivity contribution is 9.10. The second kappa shape index (κ2) is 8.75. The Hall–Kier alpha value is -1.48. The van der Waals surface area contributed by atoms with Gasteiger partial charge in [-0.1, -0.05) is 39.8 Å². The maximum absolute atomic E-state index is 12.1. The predicted octanol–water partition coefficient (Wildman–Crippen LogP) is 5.12. The molecule has 4 nitrogen and oxygen atoms in total. The molecule has 128 valence electrons. The van der Waals surface area contributed by atoms with Crippen LogP contribution in [0.4, 0.5) is 5.69 Å². The van der Waals surface area contributed by atoms with Gasteiger partial charge in [-0.25, -0.2) is 4.98 Å². The van der Waals surface area contributed by atoms with Crippen LogP contribution in [-0.4, -0.2) is 22.4 Å². The van der Waals surface area contributed by atoms with E-state index in [1.807, 2.05) is 47.2 Å². The van der Waals surface area contributed by atoms with Gasteiger partial charge >= 0.3 is 0 Å². The fraction of sp³-hybridized carbons (Fsp3) is 0.118. The van der Waals surface area contributed by atoms with Crippen LogP contribution in [0.5, 0.6) is 0 Å². The summed E-state index contributed by atoms with van der Waals surface area (Å²) in [4.78, 5) is 29.3. The van der Waals surface area contributed by atoms with Gasteiger partial charge in [0.2, 0.25) is 5.91 Å². The third kappa shape index (κ3) is 5.50. The number of thiazole rings is 1. The lowest BCUT2D eigenvalue weighted by atomic mass is 10.3. The monoisotopic (exact) mass is 452 g/mol. The van der Waals surface area contributed by atoms with Crippen LogP contribution < -0.4 is 5.32 Å². The molecule has 0 bridgehead atoms. The number of aromatic nitrogens is 1.